The van der Waals surface area contributed by atoms with Crippen LogP contribution in [0.1, 0.15) is 48.4 Å². The molecule has 0 heterocycles. The third-order valence-electron chi connectivity index (χ3n) is 6.01. The Morgan fingerprint density at radius 3 is 1.77 bits per heavy atom. The van der Waals surface area contributed by atoms with Crippen LogP contribution in [0.5, 0.6) is 0 Å². The van der Waals surface area contributed by atoms with Crippen molar-refractivity contribution in [2.24, 2.45) is 0 Å². The zero-order chi connectivity index (χ0) is 18.7. The van der Waals surface area contributed by atoms with Crippen molar-refractivity contribution in [1.29, 1.82) is 0 Å². The first kappa shape index (κ1) is 27.0. The van der Waals surface area contributed by atoms with Gasteiger partial charge in [0.1, 0.15) is 0 Å². The minimum absolute atomic E-state index is 0. The Morgan fingerprint density at radius 1 is 0.733 bits per heavy atom. The average Bonchev–Trinajstić information content (AvgIpc) is 3.09. The number of rotatable bonds is 6. The molecule has 0 spiro atoms. The molecule has 157 valence electrons. The molecule has 0 N–H and O–H groups in total. The molecule has 30 heavy (non-hydrogen) atoms. The summed E-state index contributed by atoms with van der Waals surface area (Å²) >= 11 is 2.44. The Bertz CT molecular complexity index is 901. The molecule has 0 amide bonds. The molecule has 3 aromatic rings. The van der Waals surface area contributed by atoms with Crippen molar-refractivity contribution in [2.75, 3.05) is 0 Å². The Balaban J connectivity index is 0.00000150. The van der Waals surface area contributed by atoms with Crippen molar-refractivity contribution < 1.29 is 20.4 Å². The van der Waals surface area contributed by atoms with Crippen LogP contribution >= 0.6 is 37.2 Å². The van der Waals surface area contributed by atoms with Crippen molar-refractivity contribution in [3.63, 3.8) is 0 Å². The molecule has 4 rings (SSSR count). The number of benzene rings is 3. The van der Waals surface area contributed by atoms with Crippen molar-refractivity contribution in [3.05, 3.63) is 113 Å². The number of unbranched alkanes of at least 4 members (excludes halogenated alkanes) is 1. The maximum Gasteiger partial charge on any atom is -0.147 e. The van der Waals surface area contributed by atoms with E-state index in [-0.39, 0.29) is 46.4 Å². The van der Waals surface area contributed by atoms with Crippen molar-refractivity contribution in [2.45, 2.75) is 35.3 Å². The normalized spacial score (nSPS) is 16.5. The van der Waals surface area contributed by atoms with Gasteiger partial charge in [-0.1, -0.05) is 0 Å². The molecule has 1 atom stereocenters. The van der Waals surface area contributed by atoms with Gasteiger partial charge in [-0.05, 0) is 0 Å². The molecule has 4 heteroatoms. The van der Waals surface area contributed by atoms with E-state index in [4.69, 9.17) is 0 Å². The largest absolute Gasteiger partial charge is 0.147 e. The molecule has 0 bridgehead atoms. The van der Waals surface area contributed by atoms with Crippen LogP contribution < -0.4 is 0 Å². The number of hydrogen-bond donors (Lipinski definition) is 0. The number of fused-ring (bicyclic) bond motifs is 1. The van der Waals surface area contributed by atoms with Crippen LogP contribution in [-0.4, -0.2) is 0 Å². The molecule has 0 fully saturated rings. The molecule has 0 nitrogen and oxygen atoms in total. The van der Waals surface area contributed by atoms with Gasteiger partial charge in [0, 0.05) is 0 Å². The van der Waals surface area contributed by atoms with Gasteiger partial charge in [-0.2, -0.15) is 0 Å². The smallest absolute Gasteiger partial charge is 0.147 e. The molecule has 0 radical (unpaired) electrons. The quantitative estimate of drug-likeness (QED) is 0.306. The van der Waals surface area contributed by atoms with Gasteiger partial charge in [-0.25, -0.2) is 0 Å². The number of halogens is 3. The fourth-order valence-corrected chi connectivity index (χ4v) is 5.80. The minimum Gasteiger partial charge on any atom is -0.147 e. The zero-order valence-corrected chi connectivity index (χ0v) is 21.1. The van der Waals surface area contributed by atoms with Gasteiger partial charge >= 0.3 is 175 Å². The Morgan fingerprint density at radius 2 is 1.23 bits per heavy atom. The second kappa shape index (κ2) is 11.6. The Kier molecular flexibility index (Phi) is 10.4. The first-order chi connectivity index (χ1) is 13.2. The van der Waals surface area contributed by atoms with Crippen LogP contribution in [0.2, 0.25) is 0 Å². The molecule has 0 saturated carbocycles. The Hall–Kier alpha value is -1.02. The van der Waals surface area contributed by atoms with Crippen LogP contribution in [0, 0.1) is 0 Å². The summed E-state index contributed by atoms with van der Waals surface area (Å²) in [5.74, 6) is 0. The summed E-state index contributed by atoms with van der Waals surface area (Å²) in [6, 6.07) is 31.2. The predicted molar refractivity (Wildman–Crippen MR) is 132 cm³/mol. The molecule has 1 unspecified atom stereocenters. The van der Waals surface area contributed by atoms with E-state index >= 15 is 0 Å². The molecule has 3 aromatic carbocycles. The van der Waals surface area contributed by atoms with Gasteiger partial charge < -0.3 is 0 Å². The summed E-state index contributed by atoms with van der Waals surface area (Å²) in [6.45, 7) is 2.29. The number of hydrogen-bond acceptors (Lipinski definition) is 0. The average molecular weight is 495 g/mol. The van der Waals surface area contributed by atoms with Crippen LogP contribution in [-0.2, 0) is 29.6 Å². The molecule has 0 aromatic heterocycles. The third kappa shape index (κ3) is 4.45. The van der Waals surface area contributed by atoms with E-state index in [2.05, 4.69) is 124 Å². The summed E-state index contributed by atoms with van der Waals surface area (Å²) in [6.07, 6.45) is 8.31. The van der Waals surface area contributed by atoms with E-state index in [9.17, 15) is 0 Å². The van der Waals surface area contributed by atoms with Gasteiger partial charge in [-0.3, -0.25) is 0 Å². The SMILES string of the molecule is CCCCC(c1ccccc1)(c1ccccc1)[C]1([Ti])C=Cc2ccccc21.Cl.Cl.Cl. The van der Waals surface area contributed by atoms with Crippen molar-refractivity contribution >= 4 is 43.3 Å². The summed E-state index contributed by atoms with van der Waals surface area (Å²) < 4.78 is -0.0819. The summed E-state index contributed by atoms with van der Waals surface area (Å²) in [4.78, 5) is 0. The van der Waals surface area contributed by atoms with Gasteiger partial charge in [-0.15, -0.1) is 37.2 Å². The van der Waals surface area contributed by atoms with Crippen molar-refractivity contribution in [3.8, 4) is 0 Å². The van der Waals surface area contributed by atoms with Gasteiger partial charge in [0.25, 0.3) is 0 Å². The standard InChI is InChI=1S/C26H25.3ClH.Ti/c1-2-3-20-26(22-13-6-4-7-14-22,23-15-8-5-9-16-23)25-19-18-21-12-10-11-17-24(21)25;;;;/h4-19H,2-3,20H2,1H3;3*1H;. The van der Waals surface area contributed by atoms with E-state index in [1.165, 1.54) is 35.1 Å². The van der Waals surface area contributed by atoms with E-state index in [0.29, 0.717) is 0 Å². The summed E-state index contributed by atoms with van der Waals surface area (Å²) in [5.41, 5.74) is 5.53. The maximum atomic E-state index is 2.45. The monoisotopic (exact) mass is 493 g/mol. The van der Waals surface area contributed by atoms with E-state index in [1.54, 1.807) is 0 Å². The van der Waals surface area contributed by atoms with Crippen LogP contribution in [0.3, 0.4) is 0 Å². The van der Waals surface area contributed by atoms with Gasteiger partial charge in [0.2, 0.25) is 0 Å². The van der Waals surface area contributed by atoms with Crippen molar-refractivity contribution in [1.82, 2.24) is 0 Å². The molecule has 1 aliphatic rings. The topological polar surface area (TPSA) is 0 Å². The molecular formula is C26H28Cl3Ti. The molecule has 0 saturated heterocycles. The molecule has 0 aliphatic heterocycles. The Labute approximate surface area is 211 Å². The predicted octanol–water partition coefficient (Wildman–Crippen LogP) is 7.90. The summed E-state index contributed by atoms with van der Waals surface area (Å²) in [5, 5.41) is 0. The van der Waals surface area contributed by atoms with Crippen LogP contribution in [0.4, 0.5) is 0 Å². The second-order valence-corrected chi connectivity index (χ2v) is 8.70. The fraction of sp³-hybridized carbons (Fsp3) is 0.231. The second-order valence-electron chi connectivity index (χ2n) is 7.47. The van der Waals surface area contributed by atoms with Gasteiger partial charge in [0.15, 0.2) is 0 Å². The maximum absolute atomic E-state index is 2.45. The first-order valence-electron chi connectivity index (χ1n) is 9.87. The van der Waals surface area contributed by atoms with E-state index < -0.39 is 0 Å². The minimum atomic E-state index is -0.0887. The first-order valence-corrected chi connectivity index (χ1v) is 10.7. The summed E-state index contributed by atoms with van der Waals surface area (Å²) in [7, 11) is 0. The van der Waals surface area contributed by atoms with E-state index in [0.717, 1.165) is 6.42 Å². The molecular weight excluding hydrogens is 467 g/mol. The zero-order valence-electron chi connectivity index (χ0n) is 17.1. The molecule has 1 aliphatic carbocycles. The third-order valence-corrected chi connectivity index (χ3v) is 7.36. The van der Waals surface area contributed by atoms with Crippen LogP contribution in [0.15, 0.2) is 91.0 Å². The van der Waals surface area contributed by atoms with Crippen LogP contribution in [0.25, 0.3) is 6.08 Å². The number of allylic oxidation sites excluding steroid dienone is 1. The fourth-order valence-electron chi connectivity index (χ4n) is 4.67. The van der Waals surface area contributed by atoms with Gasteiger partial charge in [0.05, 0.1) is 0 Å². The van der Waals surface area contributed by atoms with E-state index in [1.807, 2.05) is 0 Å².